The van der Waals surface area contributed by atoms with Crippen molar-refractivity contribution in [3.63, 3.8) is 0 Å². The first-order valence-electron chi connectivity index (χ1n) is 10.3. The summed E-state index contributed by atoms with van der Waals surface area (Å²) in [6.45, 7) is 4.73. The molecule has 4 nitrogen and oxygen atoms in total. The fourth-order valence-electron chi connectivity index (χ4n) is 3.66. The van der Waals surface area contributed by atoms with E-state index in [0.717, 1.165) is 47.3 Å². The van der Waals surface area contributed by atoms with Gasteiger partial charge >= 0.3 is 0 Å². The third kappa shape index (κ3) is 6.29. The quantitative estimate of drug-likeness (QED) is 0.641. The van der Waals surface area contributed by atoms with Gasteiger partial charge in [0.1, 0.15) is 11.5 Å². The lowest BCUT2D eigenvalue weighted by molar-refractivity contribution is -0.118. The van der Waals surface area contributed by atoms with Crippen molar-refractivity contribution in [1.82, 2.24) is 0 Å². The number of carbonyl (C=O) groups excluding carboxylic acids is 1. The number of nitrogens with one attached hydrogen (secondary N) is 1. The molecule has 0 atom stereocenters. The van der Waals surface area contributed by atoms with Gasteiger partial charge in [-0.3, -0.25) is 4.79 Å². The maximum Gasteiger partial charge on any atom is 0.262 e. The Morgan fingerprint density at radius 3 is 2.50 bits per heavy atom. The van der Waals surface area contributed by atoms with Crippen molar-refractivity contribution in [3.8, 4) is 11.5 Å². The van der Waals surface area contributed by atoms with Crippen molar-refractivity contribution < 1.29 is 14.3 Å². The van der Waals surface area contributed by atoms with Gasteiger partial charge < -0.3 is 14.8 Å². The van der Waals surface area contributed by atoms with E-state index in [1.54, 1.807) is 0 Å². The number of carbonyl (C=O) groups is 1. The number of amides is 1. The summed E-state index contributed by atoms with van der Waals surface area (Å²) < 4.78 is 11.5. The van der Waals surface area contributed by atoms with Gasteiger partial charge in [0.25, 0.3) is 5.91 Å². The van der Waals surface area contributed by atoms with Crippen molar-refractivity contribution in [3.05, 3.63) is 53.6 Å². The van der Waals surface area contributed by atoms with Crippen LogP contribution < -0.4 is 14.8 Å². The Hall–Kier alpha value is -2.49. The topological polar surface area (TPSA) is 47.6 Å². The van der Waals surface area contributed by atoms with Crippen LogP contribution in [0.15, 0.2) is 42.5 Å². The third-order valence-corrected chi connectivity index (χ3v) is 5.36. The lowest BCUT2D eigenvalue weighted by Crippen LogP contribution is -2.20. The van der Waals surface area contributed by atoms with Gasteiger partial charge in [0, 0.05) is 5.69 Å². The second kappa shape index (κ2) is 10.2. The molecule has 0 aromatic heterocycles. The van der Waals surface area contributed by atoms with E-state index in [2.05, 4.69) is 5.32 Å². The molecule has 0 unspecified atom stereocenters. The molecule has 0 saturated heterocycles. The Morgan fingerprint density at radius 1 is 1.00 bits per heavy atom. The van der Waals surface area contributed by atoms with Gasteiger partial charge in [-0.05, 0) is 67.6 Å². The molecule has 4 heteroatoms. The van der Waals surface area contributed by atoms with Gasteiger partial charge in [-0.2, -0.15) is 0 Å². The Bertz CT molecular complexity index is 764. The summed E-state index contributed by atoms with van der Waals surface area (Å²) in [7, 11) is 0. The molecule has 2 aromatic rings. The summed E-state index contributed by atoms with van der Waals surface area (Å²) >= 11 is 0. The summed E-state index contributed by atoms with van der Waals surface area (Å²) in [5, 5.41) is 2.86. The first-order chi connectivity index (χ1) is 13.6. The van der Waals surface area contributed by atoms with Crippen LogP contribution in [0.4, 0.5) is 5.69 Å². The highest BCUT2D eigenvalue weighted by Gasteiger charge is 2.13. The highest BCUT2D eigenvalue weighted by atomic mass is 16.5. The van der Waals surface area contributed by atoms with Crippen LogP contribution >= 0.6 is 0 Å². The number of hydrogen-bond acceptors (Lipinski definition) is 3. The van der Waals surface area contributed by atoms with Gasteiger partial charge in [0.05, 0.1) is 6.61 Å². The van der Waals surface area contributed by atoms with Gasteiger partial charge in [-0.15, -0.1) is 0 Å². The van der Waals surface area contributed by atoms with Crippen LogP contribution in [-0.2, 0) is 4.79 Å². The molecular weight excluding hydrogens is 350 g/mol. The molecule has 1 amide bonds. The Kier molecular flexibility index (Phi) is 7.35. The van der Waals surface area contributed by atoms with Crippen LogP contribution in [0.3, 0.4) is 0 Å². The predicted molar refractivity (Wildman–Crippen MR) is 113 cm³/mol. The van der Waals surface area contributed by atoms with Crippen molar-refractivity contribution in [2.45, 2.75) is 52.4 Å². The number of anilines is 1. The van der Waals surface area contributed by atoms with E-state index in [9.17, 15) is 4.79 Å². The molecule has 1 fully saturated rings. The summed E-state index contributed by atoms with van der Waals surface area (Å²) in [5.74, 6) is 2.24. The summed E-state index contributed by atoms with van der Waals surface area (Å²) in [5.41, 5.74) is 2.88. The minimum atomic E-state index is -0.174. The van der Waals surface area contributed by atoms with Gasteiger partial charge in [-0.1, -0.05) is 44.2 Å². The van der Waals surface area contributed by atoms with E-state index < -0.39 is 0 Å². The highest BCUT2D eigenvalue weighted by Crippen LogP contribution is 2.26. The van der Waals surface area contributed by atoms with Crippen LogP contribution in [0.1, 0.15) is 49.7 Å². The molecule has 28 heavy (non-hydrogen) atoms. The zero-order valence-corrected chi connectivity index (χ0v) is 17.0. The van der Waals surface area contributed by atoms with E-state index in [1.165, 1.54) is 32.1 Å². The molecule has 2 aromatic carbocycles. The van der Waals surface area contributed by atoms with E-state index in [4.69, 9.17) is 9.47 Å². The number of aryl methyl sites for hydroxylation is 2. The molecule has 1 aliphatic carbocycles. The molecule has 0 aliphatic heterocycles. The lowest BCUT2D eigenvalue weighted by Gasteiger charge is -2.21. The summed E-state index contributed by atoms with van der Waals surface area (Å²) in [6.07, 6.45) is 7.95. The molecule has 150 valence electrons. The fraction of sp³-hybridized carbons (Fsp3) is 0.458. The first-order valence-corrected chi connectivity index (χ1v) is 10.3. The Balaban J connectivity index is 1.40. The maximum atomic E-state index is 12.1. The predicted octanol–water partition coefficient (Wildman–Crippen LogP) is 5.67. The number of benzene rings is 2. The lowest BCUT2D eigenvalue weighted by atomic mass is 9.87. The van der Waals surface area contributed by atoms with Crippen LogP contribution in [0.2, 0.25) is 0 Å². The molecule has 1 saturated carbocycles. The smallest absolute Gasteiger partial charge is 0.262 e. The molecule has 1 N–H and O–H groups in total. The Morgan fingerprint density at radius 2 is 1.75 bits per heavy atom. The van der Waals surface area contributed by atoms with Crippen LogP contribution in [-0.4, -0.2) is 19.1 Å². The molecule has 0 radical (unpaired) electrons. The monoisotopic (exact) mass is 381 g/mol. The van der Waals surface area contributed by atoms with Crippen molar-refractivity contribution in [2.24, 2.45) is 5.92 Å². The summed E-state index contributed by atoms with van der Waals surface area (Å²) in [4.78, 5) is 12.1. The summed E-state index contributed by atoms with van der Waals surface area (Å²) in [6, 6.07) is 13.5. The largest absolute Gasteiger partial charge is 0.494 e. The van der Waals surface area contributed by atoms with Crippen LogP contribution in [0.25, 0.3) is 0 Å². The highest BCUT2D eigenvalue weighted by molar-refractivity contribution is 5.91. The van der Waals surface area contributed by atoms with Gasteiger partial charge in [-0.25, -0.2) is 0 Å². The molecule has 0 spiro atoms. The normalized spacial score (nSPS) is 14.5. The number of ether oxygens (including phenoxy) is 2. The van der Waals surface area contributed by atoms with E-state index in [1.807, 2.05) is 56.3 Å². The second-order valence-corrected chi connectivity index (χ2v) is 7.77. The molecule has 0 bridgehead atoms. The number of hydrogen-bond donors (Lipinski definition) is 1. The van der Waals surface area contributed by atoms with E-state index >= 15 is 0 Å². The van der Waals surface area contributed by atoms with Crippen LogP contribution in [0.5, 0.6) is 11.5 Å². The SMILES string of the molecule is Cc1ccc(C)c(OCC(=O)Nc2ccc(OCCC3CCCCC3)cc2)c1. The third-order valence-electron chi connectivity index (χ3n) is 5.36. The minimum absolute atomic E-state index is 0.00999. The zero-order chi connectivity index (χ0) is 19.8. The van der Waals surface area contributed by atoms with Gasteiger partial charge in [0.15, 0.2) is 6.61 Å². The molecule has 0 heterocycles. The minimum Gasteiger partial charge on any atom is -0.494 e. The average Bonchev–Trinajstić information content (AvgIpc) is 2.71. The first kappa shape index (κ1) is 20.2. The van der Waals surface area contributed by atoms with E-state index in [0.29, 0.717) is 0 Å². The zero-order valence-electron chi connectivity index (χ0n) is 17.0. The van der Waals surface area contributed by atoms with Crippen molar-refractivity contribution in [2.75, 3.05) is 18.5 Å². The molecule has 1 aliphatic rings. The Labute approximate surface area is 168 Å². The fourth-order valence-corrected chi connectivity index (χ4v) is 3.66. The van der Waals surface area contributed by atoms with Crippen molar-refractivity contribution >= 4 is 11.6 Å². The number of rotatable bonds is 8. The standard InChI is InChI=1S/C24H31NO3/c1-18-8-9-19(2)23(16-18)28-17-24(26)25-21-10-12-22(13-11-21)27-15-14-20-6-4-3-5-7-20/h8-13,16,20H,3-7,14-15,17H2,1-2H3,(H,25,26). The molecular formula is C24H31NO3. The average molecular weight is 382 g/mol. The maximum absolute atomic E-state index is 12.1. The van der Waals surface area contributed by atoms with Crippen LogP contribution in [0, 0.1) is 19.8 Å². The van der Waals surface area contributed by atoms with E-state index in [-0.39, 0.29) is 12.5 Å². The van der Waals surface area contributed by atoms with Gasteiger partial charge in [0.2, 0.25) is 0 Å². The van der Waals surface area contributed by atoms with Crippen molar-refractivity contribution in [1.29, 1.82) is 0 Å². The molecule has 3 rings (SSSR count). The second-order valence-electron chi connectivity index (χ2n) is 7.77.